The van der Waals surface area contributed by atoms with Gasteiger partial charge in [0.25, 0.3) is 5.91 Å². The average molecular weight is 575 g/mol. The van der Waals surface area contributed by atoms with Crippen LogP contribution in [0.3, 0.4) is 0 Å². The monoisotopic (exact) mass is 574 g/mol. The van der Waals surface area contributed by atoms with Crippen LogP contribution >= 0.6 is 35.3 Å². The number of hydrogen-bond donors (Lipinski definition) is 1. The first-order valence-electron chi connectivity index (χ1n) is 10.8. The minimum atomic E-state index is -4.82. The maximum Gasteiger partial charge on any atom is 0.419 e. The fourth-order valence-corrected chi connectivity index (χ4v) is 5.40. The maximum absolute atomic E-state index is 13.6. The number of thioether (sulfide) groups is 1. The molecule has 0 spiro atoms. The number of hydrogen-bond acceptors (Lipinski definition) is 7. The normalized spacial score (nSPS) is 15.4. The molecule has 3 rings (SSSR count). The summed E-state index contributed by atoms with van der Waals surface area (Å²) in [7, 11) is 0. The number of halogens is 4. The molecule has 1 fully saturated rings. The Balaban J connectivity index is 1.62. The fraction of sp³-hybridized carbons (Fsp3) is 0.333. The fourth-order valence-electron chi connectivity index (χ4n) is 3.17. The number of benzene rings is 1. The number of amides is 2. The summed E-state index contributed by atoms with van der Waals surface area (Å²) in [6.45, 7) is 4.83. The van der Waals surface area contributed by atoms with Gasteiger partial charge in [-0.15, -0.1) is 11.3 Å². The summed E-state index contributed by atoms with van der Waals surface area (Å²) in [5.41, 5.74) is -1.40. The molecule has 0 bridgehead atoms. The Kier molecular flexibility index (Phi) is 8.81. The number of nitrogens with one attached hydrogen (secondary N) is 1. The predicted octanol–water partition coefficient (Wildman–Crippen LogP) is 5.62. The van der Waals surface area contributed by atoms with Gasteiger partial charge in [0.15, 0.2) is 0 Å². The molecule has 6 nitrogen and oxygen atoms in total. The summed E-state index contributed by atoms with van der Waals surface area (Å²) in [5, 5.41) is 4.04. The van der Waals surface area contributed by atoms with E-state index in [-0.39, 0.29) is 29.4 Å². The molecule has 1 aliphatic heterocycles. The van der Waals surface area contributed by atoms with Crippen molar-refractivity contribution in [2.75, 3.05) is 13.1 Å². The van der Waals surface area contributed by atoms with Crippen molar-refractivity contribution in [3.63, 3.8) is 0 Å². The van der Waals surface area contributed by atoms with E-state index in [0.717, 1.165) is 23.9 Å². The summed E-state index contributed by atoms with van der Waals surface area (Å²) in [5.74, 6) is -2.80. The number of alkyl halides is 3. The van der Waals surface area contributed by atoms with E-state index in [2.05, 4.69) is 5.32 Å². The summed E-state index contributed by atoms with van der Waals surface area (Å²) < 4.78 is 58.1. The molecule has 0 unspecified atom stereocenters. The van der Waals surface area contributed by atoms with Crippen molar-refractivity contribution in [3.05, 3.63) is 50.8 Å². The molecule has 198 valence electrons. The molecular weight excluding hydrogens is 552 g/mol. The first kappa shape index (κ1) is 28.8. The van der Waals surface area contributed by atoms with Gasteiger partial charge in [0, 0.05) is 17.8 Å². The van der Waals surface area contributed by atoms with Gasteiger partial charge in [0.05, 0.1) is 10.5 Å². The molecule has 2 amide bonds. The van der Waals surface area contributed by atoms with Crippen LogP contribution in [0.1, 0.15) is 37.6 Å². The van der Waals surface area contributed by atoms with Crippen molar-refractivity contribution in [2.24, 2.45) is 0 Å². The number of nitrogens with zero attached hydrogens (tertiary/aromatic N) is 1. The number of thiocarbonyl (C=S) groups is 1. The van der Waals surface area contributed by atoms with Crippen molar-refractivity contribution < 1.29 is 36.7 Å². The van der Waals surface area contributed by atoms with Crippen molar-refractivity contribution in [2.45, 2.75) is 39.0 Å². The van der Waals surface area contributed by atoms with Gasteiger partial charge in [-0.1, -0.05) is 30.0 Å². The number of esters is 1. The Hall–Kier alpha value is -2.77. The second-order valence-corrected chi connectivity index (χ2v) is 11.5. The lowest BCUT2D eigenvalue weighted by Gasteiger charge is -2.19. The zero-order chi connectivity index (χ0) is 27.5. The van der Waals surface area contributed by atoms with Crippen LogP contribution in [0.2, 0.25) is 0 Å². The van der Waals surface area contributed by atoms with Crippen molar-refractivity contribution >= 4 is 63.5 Å². The topological polar surface area (TPSA) is 75.7 Å². The third kappa shape index (κ3) is 7.86. The molecule has 1 aliphatic rings. The van der Waals surface area contributed by atoms with Crippen molar-refractivity contribution in [1.82, 2.24) is 10.2 Å². The largest absolute Gasteiger partial charge is 0.459 e. The van der Waals surface area contributed by atoms with Crippen LogP contribution in [0.5, 0.6) is 0 Å². The molecule has 1 N–H and O–H groups in total. The van der Waals surface area contributed by atoms with E-state index in [4.69, 9.17) is 17.0 Å². The van der Waals surface area contributed by atoms with Crippen LogP contribution < -0.4 is 5.32 Å². The molecule has 1 saturated heterocycles. The lowest BCUT2D eigenvalue weighted by molar-refractivity contribution is -0.154. The van der Waals surface area contributed by atoms with Gasteiger partial charge < -0.3 is 10.1 Å². The Morgan fingerprint density at radius 2 is 1.86 bits per heavy atom. The highest BCUT2D eigenvalue weighted by molar-refractivity contribution is 8.26. The number of ether oxygens (including phenoxy) is 1. The summed E-state index contributed by atoms with van der Waals surface area (Å²) in [6.07, 6.45) is -3.35. The van der Waals surface area contributed by atoms with Gasteiger partial charge >= 0.3 is 12.1 Å². The second kappa shape index (κ2) is 11.3. The van der Waals surface area contributed by atoms with Gasteiger partial charge in [0.1, 0.15) is 22.3 Å². The minimum absolute atomic E-state index is 0.00759. The molecule has 0 saturated carbocycles. The smallest absolute Gasteiger partial charge is 0.419 e. The third-order valence-corrected chi connectivity index (χ3v) is 7.04. The van der Waals surface area contributed by atoms with Gasteiger partial charge in [-0.3, -0.25) is 19.3 Å². The van der Waals surface area contributed by atoms with Crippen molar-refractivity contribution in [3.8, 4) is 11.1 Å². The van der Waals surface area contributed by atoms with Crippen LogP contribution in [0.15, 0.2) is 34.6 Å². The average Bonchev–Trinajstić information content (AvgIpc) is 3.34. The lowest BCUT2D eigenvalue weighted by atomic mass is 10.0. The SMILES string of the molecule is CC(C)(C)OC(=O)CNC(=O)CCN1C(=O)/C(=C/c2cc(-c3ccc(F)c(C(F)(F)F)c3)cs2)SC1=S. The van der Waals surface area contributed by atoms with E-state index in [1.54, 1.807) is 38.3 Å². The minimum Gasteiger partial charge on any atom is -0.459 e. The molecular formula is C24H22F4N2O4S3. The second-order valence-electron chi connectivity index (χ2n) is 8.88. The van der Waals surface area contributed by atoms with E-state index in [1.807, 2.05) is 0 Å². The predicted molar refractivity (Wildman–Crippen MR) is 138 cm³/mol. The van der Waals surface area contributed by atoms with Crippen LogP contribution in [-0.2, 0) is 25.3 Å². The Morgan fingerprint density at radius 3 is 2.51 bits per heavy atom. The van der Waals surface area contributed by atoms with E-state index in [1.165, 1.54) is 22.3 Å². The number of carbonyl (C=O) groups is 3. The summed E-state index contributed by atoms with van der Waals surface area (Å²) >= 11 is 7.49. The highest BCUT2D eigenvalue weighted by atomic mass is 32.2. The Morgan fingerprint density at radius 1 is 1.16 bits per heavy atom. The highest BCUT2D eigenvalue weighted by Crippen LogP contribution is 2.37. The van der Waals surface area contributed by atoms with Gasteiger partial charge in [-0.25, -0.2) is 4.39 Å². The lowest BCUT2D eigenvalue weighted by Crippen LogP contribution is -2.37. The maximum atomic E-state index is 13.6. The Labute approximate surface area is 224 Å². The number of carbonyl (C=O) groups excluding carboxylic acids is 3. The van der Waals surface area contributed by atoms with Crippen molar-refractivity contribution in [1.29, 1.82) is 0 Å². The molecule has 0 atom stereocenters. The molecule has 37 heavy (non-hydrogen) atoms. The van der Waals surface area contributed by atoms with Crippen LogP contribution in [0.4, 0.5) is 17.6 Å². The van der Waals surface area contributed by atoms with Crippen LogP contribution in [-0.4, -0.2) is 45.7 Å². The van der Waals surface area contributed by atoms with Crippen LogP contribution in [0, 0.1) is 5.82 Å². The molecule has 1 aromatic heterocycles. The zero-order valence-corrected chi connectivity index (χ0v) is 22.4. The summed E-state index contributed by atoms with van der Waals surface area (Å²) in [4.78, 5) is 38.8. The summed E-state index contributed by atoms with van der Waals surface area (Å²) in [6, 6.07) is 4.36. The van der Waals surface area contributed by atoms with Gasteiger partial charge in [0.2, 0.25) is 5.91 Å². The molecule has 0 radical (unpaired) electrons. The number of thiophene rings is 1. The number of rotatable bonds is 7. The van der Waals surface area contributed by atoms with E-state index in [9.17, 15) is 31.9 Å². The van der Waals surface area contributed by atoms with E-state index >= 15 is 0 Å². The van der Waals surface area contributed by atoms with Gasteiger partial charge in [-0.2, -0.15) is 13.2 Å². The van der Waals surface area contributed by atoms with Gasteiger partial charge in [-0.05, 0) is 61.6 Å². The first-order chi connectivity index (χ1) is 17.1. The van der Waals surface area contributed by atoms with E-state index in [0.29, 0.717) is 15.3 Å². The Bertz CT molecular complexity index is 1270. The zero-order valence-electron chi connectivity index (χ0n) is 19.9. The molecule has 2 heterocycles. The molecule has 2 aromatic rings. The highest BCUT2D eigenvalue weighted by Gasteiger charge is 2.35. The molecule has 1 aromatic carbocycles. The first-order valence-corrected chi connectivity index (χ1v) is 12.9. The van der Waals surface area contributed by atoms with Crippen LogP contribution in [0.25, 0.3) is 17.2 Å². The molecule has 0 aliphatic carbocycles. The standard InChI is InChI=1S/C24H22F4N2O4S3/c1-23(2,3)34-20(32)11-29-19(31)6-7-30-21(33)18(37-22(30)35)10-15-8-14(12-36-15)13-4-5-17(25)16(9-13)24(26,27)28/h4-5,8-10,12H,6-7,11H2,1-3H3,(H,29,31)/b18-10-. The molecule has 13 heteroatoms. The third-order valence-electron chi connectivity index (χ3n) is 4.78. The quantitative estimate of drug-likeness (QED) is 0.200. The van der Waals surface area contributed by atoms with E-state index < -0.39 is 40.9 Å².